The minimum absolute atomic E-state index is 0. The van der Waals surface area contributed by atoms with Crippen LogP contribution in [0.2, 0.25) is 0 Å². The SMILES string of the molecule is CC.CCCc1cccc(NC(=O)CC)c1CCC.[HH]. The molecule has 0 aromatic heterocycles. The molecule has 1 aromatic rings. The van der Waals surface area contributed by atoms with Gasteiger partial charge in [-0.1, -0.05) is 59.6 Å². The van der Waals surface area contributed by atoms with E-state index in [9.17, 15) is 4.79 Å². The second kappa shape index (κ2) is 10.6. The van der Waals surface area contributed by atoms with E-state index in [0.717, 1.165) is 31.4 Å². The van der Waals surface area contributed by atoms with Gasteiger partial charge in [-0.2, -0.15) is 0 Å². The third-order valence-corrected chi connectivity index (χ3v) is 2.89. The van der Waals surface area contributed by atoms with E-state index in [2.05, 4.69) is 25.2 Å². The fourth-order valence-corrected chi connectivity index (χ4v) is 2.04. The van der Waals surface area contributed by atoms with Crippen LogP contribution in [0.15, 0.2) is 18.2 Å². The molecule has 1 N–H and O–H groups in total. The van der Waals surface area contributed by atoms with E-state index in [1.54, 1.807) is 0 Å². The third kappa shape index (κ3) is 5.91. The Balaban J connectivity index is 0. The predicted octanol–water partition coefficient (Wildman–Crippen LogP) is 5.21. The van der Waals surface area contributed by atoms with Gasteiger partial charge in [0.1, 0.15) is 0 Å². The summed E-state index contributed by atoms with van der Waals surface area (Å²) < 4.78 is 0. The topological polar surface area (TPSA) is 29.1 Å². The Labute approximate surface area is 120 Å². The van der Waals surface area contributed by atoms with Gasteiger partial charge in [0.15, 0.2) is 0 Å². The summed E-state index contributed by atoms with van der Waals surface area (Å²) in [6, 6.07) is 6.23. The van der Waals surface area contributed by atoms with Gasteiger partial charge in [-0.3, -0.25) is 4.79 Å². The van der Waals surface area contributed by atoms with Crippen molar-refractivity contribution in [3.8, 4) is 0 Å². The maximum absolute atomic E-state index is 11.5. The first-order valence-electron chi connectivity index (χ1n) is 7.63. The molecule has 0 aliphatic rings. The van der Waals surface area contributed by atoms with Crippen molar-refractivity contribution in [1.82, 2.24) is 0 Å². The molecule has 0 atom stereocenters. The Bertz CT molecular complexity index is 377. The fourth-order valence-electron chi connectivity index (χ4n) is 2.04. The standard InChI is InChI=1S/C15H23NO.C2H6.H2/c1-4-8-12-10-7-11-14(13(12)9-5-2)16-15(17)6-3;1-2;/h7,10-11H,4-6,8-9H2,1-3H3,(H,16,17);1-2H3;1H. The predicted molar refractivity (Wildman–Crippen MR) is 86.8 cm³/mol. The van der Waals surface area contributed by atoms with Gasteiger partial charge in [0.05, 0.1) is 0 Å². The lowest BCUT2D eigenvalue weighted by molar-refractivity contribution is -0.115. The van der Waals surface area contributed by atoms with Crippen LogP contribution in [0.4, 0.5) is 5.69 Å². The maximum atomic E-state index is 11.5. The Morgan fingerprint density at radius 1 is 1.11 bits per heavy atom. The second-order valence-electron chi connectivity index (χ2n) is 4.34. The molecule has 0 unspecified atom stereocenters. The van der Waals surface area contributed by atoms with Gasteiger partial charge in [-0.25, -0.2) is 0 Å². The van der Waals surface area contributed by atoms with E-state index in [-0.39, 0.29) is 7.33 Å². The Morgan fingerprint density at radius 2 is 1.74 bits per heavy atom. The number of aryl methyl sites for hydroxylation is 1. The normalized spacial score (nSPS) is 9.53. The molecule has 2 heteroatoms. The monoisotopic (exact) mass is 265 g/mol. The molecule has 0 heterocycles. The molecule has 0 saturated heterocycles. The van der Waals surface area contributed by atoms with Crippen molar-refractivity contribution in [1.29, 1.82) is 0 Å². The Kier molecular flexibility index (Phi) is 9.87. The van der Waals surface area contributed by atoms with Crippen LogP contribution < -0.4 is 5.32 Å². The minimum atomic E-state index is 0. The summed E-state index contributed by atoms with van der Waals surface area (Å²) in [4.78, 5) is 11.5. The molecule has 0 bridgehead atoms. The van der Waals surface area contributed by atoms with Crippen LogP contribution >= 0.6 is 0 Å². The average molecular weight is 265 g/mol. The van der Waals surface area contributed by atoms with E-state index >= 15 is 0 Å². The van der Waals surface area contributed by atoms with Crippen molar-refractivity contribution < 1.29 is 6.22 Å². The van der Waals surface area contributed by atoms with Crippen molar-refractivity contribution in [2.45, 2.75) is 66.7 Å². The van der Waals surface area contributed by atoms with E-state index < -0.39 is 0 Å². The molecule has 1 rings (SSSR count). The smallest absolute Gasteiger partial charge is 0.224 e. The number of amides is 1. The van der Waals surface area contributed by atoms with Gasteiger partial charge in [0.2, 0.25) is 5.91 Å². The van der Waals surface area contributed by atoms with Crippen molar-refractivity contribution in [3.63, 3.8) is 0 Å². The highest BCUT2D eigenvalue weighted by Gasteiger charge is 2.08. The fraction of sp³-hybridized carbons (Fsp3) is 0.588. The zero-order valence-electron chi connectivity index (χ0n) is 13.2. The van der Waals surface area contributed by atoms with Crippen molar-refractivity contribution in [2.75, 3.05) is 5.32 Å². The lowest BCUT2D eigenvalue weighted by atomic mass is 9.97. The average Bonchev–Trinajstić information content (AvgIpc) is 2.44. The zero-order valence-corrected chi connectivity index (χ0v) is 13.2. The van der Waals surface area contributed by atoms with Gasteiger partial charge >= 0.3 is 0 Å². The number of nitrogens with one attached hydrogen (secondary N) is 1. The molecule has 1 aromatic carbocycles. The molecule has 0 fully saturated rings. The largest absolute Gasteiger partial charge is 0.326 e. The summed E-state index contributed by atoms with van der Waals surface area (Å²) in [5.41, 5.74) is 3.70. The molecular formula is C17H31NO. The summed E-state index contributed by atoms with van der Waals surface area (Å²) in [5, 5.41) is 3.00. The molecule has 110 valence electrons. The molecule has 2 nitrogen and oxygen atoms in total. The van der Waals surface area contributed by atoms with Crippen LogP contribution in [-0.4, -0.2) is 5.91 Å². The molecule has 0 aliphatic carbocycles. The molecule has 19 heavy (non-hydrogen) atoms. The Morgan fingerprint density at radius 3 is 2.26 bits per heavy atom. The lowest BCUT2D eigenvalue weighted by Gasteiger charge is -2.14. The number of anilines is 1. The quantitative estimate of drug-likeness (QED) is 0.751. The summed E-state index contributed by atoms with van der Waals surface area (Å²) >= 11 is 0. The van der Waals surface area contributed by atoms with Gasteiger partial charge in [-0.05, 0) is 30.0 Å². The van der Waals surface area contributed by atoms with Crippen molar-refractivity contribution >= 4 is 11.6 Å². The summed E-state index contributed by atoms with van der Waals surface area (Å²) in [5.74, 6) is 0.0935. The summed E-state index contributed by atoms with van der Waals surface area (Å²) in [6.45, 7) is 10.2. The number of hydrogen-bond donors (Lipinski definition) is 1. The maximum Gasteiger partial charge on any atom is 0.224 e. The van der Waals surface area contributed by atoms with Crippen molar-refractivity contribution in [2.24, 2.45) is 0 Å². The van der Waals surface area contributed by atoms with Gasteiger partial charge < -0.3 is 5.32 Å². The van der Waals surface area contributed by atoms with Gasteiger partial charge in [0.25, 0.3) is 0 Å². The lowest BCUT2D eigenvalue weighted by Crippen LogP contribution is -2.12. The molecule has 1 amide bonds. The highest BCUT2D eigenvalue weighted by molar-refractivity contribution is 5.91. The summed E-state index contributed by atoms with van der Waals surface area (Å²) in [6.07, 6.45) is 4.90. The molecule has 0 aliphatic heterocycles. The zero-order chi connectivity index (χ0) is 14.7. The van der Waals surface area contributed by atoms with E-state index in [1.807, 2.05) is 32.9 Å². The molecule has 0 saturated carbocycles. The number of rotatable bonds is 6. The van der Waals surface area contributed by atoms with Crippen molar-refractivity contribution in [3.05, 3.63) is 29.3 Å². The molecular weight excluding hydrogens is 234 g/mol. The second-order valence-corrected chi connectivity index (χ2v) is 4.34. The van der Waals surface area contributed by atoms with Crippen LogP contribution in [0.1, 0.15) is 66.4 Å². The molecule has 0 spiro atoms. The number of carbonyl (C=O) groups excluding carboxylic acids is 1. The van der Waals surface area contributed by atoms with Crippen LogP contribution in [0, 0.1) is 0 Å². The highest BCUT2D eigenvalue weighted by Crippen LogP contribution is 2.23. The van der Waals surface area contributed by atoms with Gasteiger partial charge in [0, 0.05) is 13.5 Å². The first-order chi connectivity index (χ1) is 9.22. The van der Waals surface area contributed by atoms with Crippen LogP contribution in [0.3, 0.4) is 0 Å². The van der Waals surface area contributed by atoms with E-state index in [0.29, 0.717) is 6.42 Å². The van der Waals surface area contributed by atoms with Crippen LogP contribution in [0.25, 0.3) is 0 Å². The third-order valence-electron chi connectivity index (χ3n) is 2.89. The minimum Gasteiger partial charge on any atom is -0.326 e. The highest BCUT2D eigenvalue weighted by atomic mass is 16.1. The van der Waals surface area contributed by atoms with E-state index in [1.165, 1.54) is 11.1 Å². The number of benzene rings is 1. The first kappa shape index (κ1) is 17.7. The Hall–Kier alpha value is -1.31. The van der Waals surface area contributed by atoms with E-state index in [4.69, 9.17) is 0 Å². The van der Waals surface area contributed by atoms with Crippen LogP contribution in [-0.2, 0) is 17.6 Å². The number of hydrogen-bond acceptors (Lipinski definition) is 1. The number of carbonyl (C=O) groups is 1. The molecule has 0 radical (unpaired) electrons. The van der Waals surface area contributed by atoms with Gasteiger partial charge in [-0.15, -0.1) is 0 Å². The van der Waals surface area contributed by atoms with Crippen LogP contribution in [0.5, 0.6) is 0 Å². The first-order valence-corrected chi connectivity index (χ1v) is 7.63. The summed E-state index contributed by atoms with van der Waals surface area (Å²) in [7, 11) is 0.